The van der Waals surface area contributed by atoms with Crippen LogP contribution in [0.3, 0.4) is 0 Å². The van der Waals surface area contributed by atoms with Crippen molar-refractivity contribution in [3.8, 4) is 0 Å². The Kier molecular flexibility index (Phi) is 20.5. The van der Waals surface area contributed by atoms with Gasteiger partial charge in [-0.15, -0.1) is 0 Å². The lowest BCUT2D eigenvalue weighted by molar-refractivity contribution is -0.149. The minimum Gasteiger partial charge on any atom is -0.467 e. The molecule has 2 saturated heterocycles. The van der Waals surface area contributed by atoms with Crippen LogP contribution in [0.15, 0.2) is 30.3 Å². The molecule has 4 rings (SSSR count). The van der Waals surface area contributed by atoms with Gasteiger partial charge in [0.2, 0.25) is 29.5 Å². The van der Waals surface area contributed by atoms with Crippen LogP contribution in [0.5, 0.6) is 0 Å². The molecular weight excluding hydrogens is 821 g/mol. The lowest BCUT2D eigenvalue weighted by Crippen LogP contribution is -2.60. The zero-order valence-corrected chi connectivity index (χ0v) is 40.1. The number of carbonyl (C=O) groups excluding carboxylic acids is 6. The van der Waals surface area contributed by atoms with Gasteiger partial charge in [-0.2, -0.15) is 0 Å². The number of unbranched alkanes of at least 4 members (excludes halogenated alkanes) is 2. The molecule has 12 atom stereocenters. The van der Waals surface area contributed by atoms with Gasteiger partial charge in [0.05, 0.1) is 50.3 Å². The van der Waals surface area contributed by atoms with Crippen molar-refractivity contribution in [1.82, 2.24) is 25.3 Å². The largest absolute Gasteiger partial charge is 0.467 e. The smallest absolute Gasteiger partial charge is 0.328 e. The van der Waals surface area contributed by atoms with E-state index in [4.69, 9.17) is 20.1 Å². The number of hydrogen-bond donors (Lipinski definition) is 3. The molecule has 1 aliphatic carbocycles. The number of benzene rings is 1. The third-order valence-electron chi connectivity index (χ3n) is 14.4. The highest BCUT2D eigenvalue weighted by atomic mass is 16.6. The van der Waals surface area contributed by atoms with Gasteiger partial charge in [-0.05, 0) is 67.8 Å². The van der Waals surface area contributed by atoms with E-state index in [1.165, 1.54) is 14.2 Å². The summed E-state index contributed by atoms with van der Waals surface area (Å²) >= 11 is 0. The predicted molar refractivity (Wildman–Crippen MR) is 242 cm³/mol. The molecular formula is C48H78N6O10. The second-order valence-corrected chi connectivity index (χ2v) is 18.7. The Hall–Kier alpha value is -4.12. The van der Waals surface area contributed by atoms with Gasteiger partial charge in [0.25, 0.3) is 0 Å². The molecule has 0 radical (unpaired) electrons. The maximum absolute atomic E-state index is 14.7. The summed E-state index contributed by atoms with van der Waals surface area (Å²) < 4.78 is 17.1. The monoisotopic (exact) mass is 899 g/mol. The highest BCUT2D eigenvalue weighted by Crippen LogP contribution is 2.47. The summed E-state index contributed by atoms with van der Waals surface area (Å²) in [5, 5.41) is 5.97. The molecule has 1 saturated carbocycles. The van der Waals surface area contributed by atoms with E-state index in [0.29, 0.717) is 45.3 Å². The molecule has 1 aromatic carbocycles. The normalized spacial score (nSPS) is 23.8. The summed E-state index contributed by atoms with van der Waals surface area (Å²) in [6.45, 7) is 12.6. The average molecular weight is 899 g/mol. The maximum atomic E-state index is 14.7. The van der Waals surface area contributed by atoms with Crippen LogP contribution in [-0.2, 0) is 54.2 Å². The van der Waals surface area contributed by atoms with Crippen molar-refractivity contribution in [3.63, 3.8) is 0 Å². The minimum atomic E-state index is -0.909. The van der Waals surface area contributed by atoms with Gasteiger partial charge in [0.15, 0.2) is 0 Å². The highest BCUT2D eigenvalue weighted by Gasteiger charge is 2.56. The fourth-order valence-electron chi connectivity index (χ4n) is 10.6. The number of nitrogens with one attached hydrogen (secondary N) is 2. The van der Waals surface area contributed by atoms with Crippen LogP contribution < -0.4 is 16.5 Å². The first-order valence-electron chi connectivity index (χ1n) is 23.5. The van der Waals surface area contributed by atoms with Gasteiger partial charge in [0.1, 0.15) is 18.1 Å². The number of nitrogens with two attached hydrogens (primary N) is 1. The van der Waals surface area contributed by atoms with E-state index in [1.54, 1.807) is 35.8 Å². The van der Waals surface area contributed by atoms with Crippen molar-refractivity contribution in [2.75, 3.05) is 41.5 Å². The number of methoxy groups -OCH3 is 3. The number of esters is 1. The van der Waals surface area contributed by atoms with E-state index >= 15 is 0 Å². The standard InChI is InChI=1S/C48H78N6O10/c1-11-30(4)42(52(7)47(59)41(29(2)3)51-46(58)43-34-23-24-36(31(34)5)54(43)39(55)22-16-13-17-26-64-49)38(61-8)28-40(56)53-25-18-21-37(53)44(62-9)32(6)45(57)50-35(48(60)63-10)27-33-19-14-12-15-20-33/h12,14-15,19-20,29-32,34-38,41-44H,11,13,16-18,21-28,49H2,1-10H3,(H,50,57)(H,51,58)/t30-,31-,32+,34-,35-,36-,37-,38+,41-,42-,43-,44+/m0/s1. The summed E-state index contributed by atoms with van der Waals surface area (Å²) in [5.41, 5.74) is 0.865. The Morgan fingerprint density at radius 3 is 2.22 bits per heavy atom. The fourth-order valence-corrected chi connectivity index (χ4v) is 10.6. The number of hydrogen-bond acceptors (Lipinski definition) is 11. The van der Waals surface area contributed by atoms with Crippen LogP contribution in [0.2, 0.25) is 0 Å². The first-order chi connectivity index (χ1) is 30.6. The first-order valence-corrected chi connectivity index (χ1v) is 23.5. The van der Waals surface area contributed by atoms with Crippen molar-refractivity contribution >= 4 is 35.5 Å². The second kappa shape index (κ2) is 25.0. The number of rotatable bonds is 25. The van der Waals surface area contributed by atoms with Crippen molar-refractivity contribution in [2.45, 2.75) is 161 Å². The van der Waals surface area contributed by atoms with Gasteiger partial charge >= 0.3 is 5.97 Å². The minimum absolute atomic E-state index is 0.00937. The van der Waals surface area contributed by atoms with Crippen molar-refractivity contribution in [1.29, 1.82) is 0 Å². The van der Waals surface area contributed by atoms with Gasteiger partial charge in [-0.25, -0.2) is 10.7 Å². The summed E-state index contributed by atoms with van der Waals surface area (Å²) in [7, 11) is 6.06. The van der Waals surface area contributed by atoms with Crippen LogP contribution in [0.1, 0.15) is 111 Å². The van der Waals surface area contributed by atoms with E-state index in [9.17, 15) is 28.8 Å². The molecule has 16 nitrogen and oxygen atoms in total. The lowest BCUT2D eigenvalue weighted by atomic mass is 9.89. The lowest BCUT2D eigenvalue weighted by Gasteiger charge is -2.41. The molecule has 0 spiro atoms. The van der Waals surface area contributed by atoms with Crippen LogP contribution >= 0.6 is 0 Å². The van der Waals surface area contributed by atoms with Crippen molar-refractivity contribution in [3.05, 3.63) is 35.9 Å². The molecule has 360 valence electrons. The molecule has 2 bridgehead atoms. The number of carbonyl (C=O) groups is 6. The number of fused-ring (bicyclic) bond motifs is 2. The third kappa shape index (κ3) is 12.6. The molecule has 2 heterocycles. The number of piperidine rings is 1. The number of amides is 5. The summed E-state index contributed by atoms with van der Waals surface area (Å²) in [5.74, 6) is 2.47. The maximum Gasteiger partial charge on any atom is 0.328 e. The summed E-state index contributed by atoms with van der Waals surface area (Å²) in [6.07, 6.45) is 5.12. The molecule has 0 unspecified atom stereocenters. The number of likely N-dealkylation sites (N-methyl/N-ethyl adjacent to an activating group) is 1. The number of likely N-dealkylation sites (tertiary alicyclic amines) is 2. The molecule has 2 aliphatic heterocycles. The Balaban J connectivity index is 1.47. The van der Waals surface area contributed by atoms with Crippen molar-refractivity contribution < 1.29 is 47.8 Å². The average Bonchev–Trinajstić information content (AvgIpc) is 4.00. The summed E-state index contributed by atoms with van der Waals surface area (Å²) in [4.78, 5) is 93.4. The molecule has 3 aliphatic rings. The van der Waals surface area contributed by atoms with Gasteiger partial charge < -0.3 is 44.4 Å². The number of ether oxygens (including phenoxy) is 3. The summed E-state index contributed by atoms with van der Waals surface area (Å²) in [6, 6.07) is 5.96. The fraction of sp³-hybridized carbons (Fsp3) is 0.750. The van der Waals surface area contributed by atoms with E-state index in [0.717, 1.165) is 31.2 Å². The molecule has 0 aromatic heterocycles. The van der Waals surface area contributed by atoms with Gasteiger partial charge in [-0.1, -0.05) is 84.7 Å². The van der Waals surface area contributed by atoms with E-state index < -0.39 is 60.2 Å². The first kappa shape index (κ1) is 52.5. The van der Waals surface area contributed by atoms with Crippen LogP contribution in [0, 0.1) is 29.6 Å². The van der Waals surface area contributed by atoms with E-state index in [1.807, 2.05) is 58.0 Å². The zero-order valence-electron chi connectivity index (χ0n) is 40.1. The van der Waals surface area contributed by atoms with Gasteiger partial charge in [0, 0.05) is 46.7 Å². The molecule has 3 fully saturated rings. The highest BCUT2D eigenvalue weighted by molar-refractivity contribution is 5.93. The third-order valence-corrected chi connectivity index (χ3v) is 14.4. The van der Waals surface area contributed by atoms with E-state index in [2.05, 4.69) is 22.4 Å². The SMILES string of the molecule is CC[C@H](C)[C@@H]([C@@H](CC(=O)N1CCC[C@H]1[C@H](OC)[C@@H](C)C(=O)N[C@@H](Cc1ccccc1)C(=O)OC)OC)N(C)C(=O)[C@@H](NC(=O)[C@@H]1[C@H]2CC[C@@H]([C@H]2C)N1C(=O)CCCCCON)C(C)C. The molecule has 4 N–H and O–H groups in total. The number of nitrogens with zero attached hydrogens (tertiary/aromatic N) is 3. The Morgan fingerprint density at radius 2 is 1.61 bits per heavy atom. The molecule has 64 heavy (non-hydrogen) atoms. The van der Waals surface area contributed by atoms with Gasteiger partial charge in [-0.3, -0.25) is 24.0 Å². The zero-order chi connectivity index (χ0) is 47.2. The molecule has 1 aromatic rings. The van der Waals surface area contributed by atoms with Crippen molar-refractivity contribution in [2.24, 2.45) is 35.5 Å². The predicted octanol–water partition coefficient (Wildman–Crippen LogP) is 4.02. The Labute approximate surface area is 381 Å². The molecule has 16 heteroatoms. The van der Waals surface area contributed by atoms with Crippen LogP contribution in [0.4, 0.5) is 0 Å². The second-order valence-electron chi connectivity index (χ2n) is 18.7. The van der Waals surface area contributed by atoms with Crippen LogP contribution in [-0.4, -0.2) is 140 Å². The van der Waals surface area contributed by atoms with Crippen LogP contribution in [0.25, 0.3) is 0 Å². The quantitative estimate of drug-likeness (QED) is 0.0728. The Bertz CT molecular complexity index is 1700. The Morgan fingerprint density at radius 1 is 0.906 bits per heavy atom. The topological polar surface area (TPSA) is 199 Å². The molecule has 5 amide bonds. The van der Waals surface area contributed by atoms with E-state index in [-0.39, 0.29) is 66.2 Å².